The van der Waals surface area contributed by atoms with Crippen LogP contribution in [0.25, 0.3) is 0 Å². The van der Waals surface area contributed by atoms with E-state index in [4.69, 9.17) is 4.74 Å². The van der Waals surface area contributed by atoms with Crippen molar-refractivity contribution in [3.63, 3.8) is 0 Å². The maximum atomic E-state index is 12.4. The summed E-state index contributed by atoms with van der Waals surface area (Å²) in [5, 5.41) is 3.14. The van der Waals surface area contributed by atoms with Crippen LogP contribution < -0.4 is 5.32 Å². The fraction of sp³-hybridized carbons (Fsp3) is 0.647. The molecule has 1 N–H and O–H groups in total. The van der Waals surface area contributed by atoms with Crippen LogP contribution >= 0.6 is 0 Å². The van der Waals surface area contributed by atoms with Crippen molar-refractivity contribution in [3.8, 4) is 0 Å². The summed E-state index contributed by atoms with van der Waals surface area (Å²) in [5.74, 6) is -0.0371. The van der Waals surface area contributed by atoms with Gasteiger partial charge in [-0.3, -0.25) is 14.7 Å². The van der Waals surface area contributed by atoms with Gasteiger partial charge in [0.15, 0.2) is 0 Å². The normalized spacial score (nSPS) is 19.6. The van der Waals surface area contributed by atoms with Gasteiger partial charge in [-0.05, 0) is 39.3 Å². The van der Waals surface area contributed by atoms with Crippen LogP contribution in [0.2, 0.25) is 0 Å². The van der Waals surface area contributed by atoms with Gasteiger partial charge < -0.3 is 10.1 Å². The number of amides is 1. The number of nitrogens with zero attached hydrogens (tertiary/aromatic N) is 2. The van der Waals surface area contributed by atoms with Crippen molar-refractivity contribution < 1.29 is 9.53 Å². The fourth-order valence-electron chi connectivity index (χ4n) is 2.85. The summed E-state index contributed by atoms with van der Waals surface area (Å²) in [6, 6.07) is 3.76. The molecular formula is C17H27N3O2. The minimum Gasteiger partial charge on any atom is -0.373 e. The molecule has 1 aliphatic rings. The first-order valence-corrected chi connectivity index (χ1v) is 8.00. The number of morpholine rings is 1. The van der Waals surface area contributed by atoms with Gasteiger partial charge in [0, 0.05) is 37.6 Å². The molecule has 2 rings (SSSR count). The highest BCUT2D eigenvalue weighted by Crippen LogP contribution is 2.17. The van der Waals surface area contributed by atoms with Gasteiger partial charge >= 0.3 is 0 Å². The summed E-state index contributed by atoms with van der Waals surface area (Å²) in [7, 11) is 0. The number of aryl methyl sites for hydroxylation is 1. The monoisotopic (exact) mass is 305 g/mol. The smallest absolute Gasteiger partial charge is 0.253 e. The largest absolute Gasteiger partial charge is 0.373 e. The fourth-order valence-corrected chi connectivity index (χ4v) is 2.85. The summed E-state index contributed by atoms with van der Waals surface area (Å²) in [6.45, 7) is 11.6. The van der Waals surface area contributed by atoms with Gasteiger partial charge in [0.25, 0.3) is 5.91 Å². The molecule has 0 radical (unpaired) electrons. The van der Waals surface area contributed by atoms with Crippen molar-refractivity contribution in [1.29, 1.82) is 0 Å². The lowest BCUT2D eigenvalue weighted by atomic mass is 10.1. The Balaban J connectivity index is 1.95. The van der Waals surface area contributed by atoms with E-state index < -0.39 is 0 Å². The van der Waals surface area contributed by atoms with E-state index in [0.717, 1.165) is 38.4 Å². The molecule has 0 aromatic carbocycles. The first kappa shape index (κ1) is 16.9. The highest BCUT2D eigenvalue weighted by Gasteiger charge is 2.28. The number of carbonyl (C=O) groups is 1. The second-order valence-electron chi connectivity index (χ2n) is 6.56. The summed E-state index contributed by atoms with van der Waals surface area (Å²) < 4.78 is 5.74. The lowest BCUT2D eigenvalue weighted by Crippen LogP contribution is -2.52. The minimum absolute atomic E-state index is 0.0371. The summed E-state index contributed by atoms with van der Waals surface area (Å²) in [5.41, 5.74) is 1.31. The van der Waals surface area contributed by atoms with Crippen molar-refractivity contribution in [3.05, 3.63) is 29.6 Å². The SMILES string of the molecule is CC[C@@H](CN1CCOC(C)(C)C1)NC(=O)c1cccnc1C. The Hall–Kier alpha value is -1.46. The van der Waals surface area contributed by atoms with Gasteiger partial charge in [-0.1, -0.05) is 6.92 Å². The van der Waals surface area contributed by atoms with Gasteiger partial charge in [0.05, 0.1) is 17.8 Å². The summed E-state index contributed by atoms with van der Waals surface area (Å²) >= 11 is 0. The molecule has 1 saturated heterocycles. The van der Waals surface area contributed by atoms with Gasteiger partial charge in [-0.25, -0.2) is 0 Å². The third kappa shape index (κ3) is 4.52. The molecular weight excluding hydrogens is 278 g/mol. The Morgan fingerprint density at radius 3 is 2.95 bits per heavy atom. The van der Waals surface area contributed by atoms with Gasteiger partial charge in [-0.15, -0.1) is 0 Å². The summed E-state index contributed by atoms with van der Waals surface area (Å²) in [4.78, 5) is 19.0. The van der Waals surface area contributed by atoms with E-state index >= 15 is 0 Å². The number of carbonyl (C=O) groups excluding carboxylic acids is 1. The first-order valence-electron chi connectivity index (χ1n) is 8.00. The molecule has 1 amide bonds. The number of hydrogen-bond acceptors (Lipinski definition) is 4. The molecule has 2 heterocycles. The van der Waals surface area contributed by atoms with Crippen molar-refractivity contribution >= 4 is 5.91 Å². The quantitative estimate of drug-likeness (QED) is 0.904. The van der Waals surface area contributed by atoms with Crippen molar-refractivity contribution in [2.75, 3.05) is 26.2 Å². The predicted octanol–water partition coefficient (Wildman–Crippen LogP) is 2.01. The zero-order valence-corrected chi connectivity index (χ0v) is 14.1. The number of rotatable bonds is 5. The third-order valence-electron chi connectivity index (χ3n) is 4.06. The molecule has 1 atom stereocenters. The highest BCUT2D eigenvalue weighted by molar-refractivity contribution is 5.95. The second kappa shape index (κ2) is 7.20. The third-order valence-corrected chi connectivity index (χ3v) is 4.06. The number of pyridine rings is 1. The zero-order valence-electron chi connectivity index (χ0n) is 14.1. The van der Waals surface area contributed by atoms with E-state index in [1.165, 1.54) is 0 Å². The number of ether oxygens (including phenoxy) is 1. The predicted molar refractivity (Wildman–Crippen MR) is 87.0 cm³/mol. The Labute approximate surface area is 133 Å². The molecule has 5 nitrogen and oxygen atoms in total. The standard InChI is InChI=1S/C17H27N3O2/c1-5-14(11-20-9-10-22-17(3,4)12-20)19-16(21)15-7-6-8-18-13(15)2/h6-8,14H,5,9-12H2,1-4H3,(H,19,21)/t14-/m0/s1. The minimum atomic E-state index is -0.111. The molecule has 0 bridgehead atoms. The van der Waals surface area contributed by atoms with Crippen LogP contribution in [-0.4, -0.2) is 53.7 Å². The topological polar surface area (TPSA) is 54.5 Å². The molecule has 22 heavy (non-hydrogen) atoms. The Kier molecular flexibility index (Phi) is 5.53. The number of aromatic nitrogens is 1. The molecule has 0 unspecified atom stereocenters. The molecule has 1 aliphatic heterocycles. The van der Waals surface area contributed by atoms with E-state index in [-0.39, 0.29) is 17.6 Å². The van der Waals surface area contributed by atoms with Crippen molar-refractivity contribution in [2.24, 2.45) is 0 Å². The lowest BCUT2D eigenvalue weighted by Gasteiger charge is -2.39. The van der Waals surface area contributed by atoms with Gasteiger partial charge in [0.1, 0.15) is 0 Å². The molecule has 1 fully saturated rings. The van der Waals surface area contributed by atoms with E-state index in [1.807, 2.05) is 13.0 Å². The molecule has 0 aliphatic carbocycles. The van der Waals surface area contributed by atoms with Crippen LogP contribution in [0.15, 0.2) is 18.3 Å². The van der Waals surface area contributed by atoms with Crippen molar-refractivity contribution in [2.45, 2.75) is 45.8 Å². The Morgan fingerprint density at radius 2 is 2.32 bits per heavy atom. The lowest BCUT2D eigenvalue weighted by molar-refractivity contribution is -0.0874. The van der Waals surface area contributed by atoms with Crippen LogP contribution in [0.5, 0.6) is 0 Å². The second-order valence-corrected chi connectivity index (χ2v) is 6.56. The molecule has 5 heteroatoms. The van der Waals surface area contributed by atoms with Gasteiger partial charge in [-0.2, -0.15) is 0 Å². The van der Waals surface area contributed by atoms with Gasteiger partial charge in [0.2, 0.25) is 0 Å². The molecule has 122 valence electrons. The van der Waals surface area contributed by atoms with Crippen molar-refractivity contribution in [1.82, 2.24) is 15.2 Å². The number of nitrogens with one attached hydrogen (secondary N) is 1. The van der Waals surface area contributed by atoms with E-state index in [2.05, 4.69) is 36.0 Å². The number of hydrogen-bond donors (Lipinski definition) is 1. The Bertz CT molecular complexity index is 516. The molecule has 0 spiro atoms. The van der Waals surface area contributed by atoms with E-state index in [9.17, 15) is 4.79 Å². The maximum absolute atomic E-state index is 12.4. The first-order chi connectivity index (χ1) is 10.4. The van der Waals surface area contributed by atoms with Crippen LogP contribution in [0.1, 0.15) is 43.2 Å². The molecule has 1 aromatic heterocycles. The Morgan fingerprint density at radius 1 is 1.55 bits per heavy atom. The van der Waals surface area contributed by atoms with E-state index in [0.29, 0.717) is 5.56 Å². The summed E-state index contributed by atoms with van der Waals surface area (Å²) in [6.07, 6.45) is 2.61. The zero-order chi connectivity index (χ0) is 16.2. The average Bonchev–Trinajstić information content (AvgIpc) is 2.45. The van der Waals surface area contributed by atoms with Crippen LogP contribution in [0, 0.1) is 6.92 Å². The van der Waals surface area contributed by atoms with Crippen LogP contribution in [-0.2, 0) is 4.74 Å². The van der Waals surface area contributed by atoms with E-state index in [1.54, 1.807) is 12.3 Å². The highest BCUT2D eigenvalue weighted by atomic mass is 16.5. The maximum Gasteiger partial charge on any atom is 0.253 e. The molecule has 1 aromatic rings. The average molecular weight is 305 g/mol. The van der Waals surface area contributed by atoms with Crippen LogP contribution in [0.3, 0.4) is 0 Å². The van der Waals surface area contributed by atoms with Crippen LogP contribution in [0.4, 0.5) is 0 Å². The molecule has 0 saturated carbocycles.